The zero-order chi connectivity index (χ0) is 16.9. The number of carbonyl (C=O) groups excluding carboxylic acids is 3. The van der Waals surface area contributed by atoms with Crippen LogP contribution >= 0.6 is 0 Å². The van der Waals surface area contributed by atoms with Gasteiger partial charge in [-0.1, -0.05) is 27.7 Å². The number of carbonyl (C=O) groups is 3. The molecule has 0 N–H and O–H groups in total. The van der Waals surface area contributed by atoms with Crippen LogP contribution in [0.1, 0.15) is 53.4 Å². The minimum atomic E-state index is -0.899. The number of Topliss-reactive ketones (excluding diaryl/α,β-unsaturated/α-hetero) is 2. The molecule has 0 unspecified atom stereocenters. The number of hydrogen-bond donors (Lipinski definition) is 0. The van der Waals surface area contributed by atoms with Gasteiger partial charge in [0, 0.05) is 18.7 Å². The molecule has 2 atom stereocenters. The van der Waals surface area contributed by atoms with E-state index in [1.54, 1.807) is 0 Å². The number of ether oxygens (including phenoxy) is 1. The predicted molar refractivity (Wildman–Crippen MR) is 84.9 cm³/mol. The maximum atomic E-state index is 12.8. The van der Waals surface area contributed by atoms with Gasteiger partial charge in [0.25, 0.3) is 0 Å². The minimum Gasteiger partial charge on any atom is -0.468 e. The van der Waals surface area contributed by atoms with E-state index < -0.39 is 23.2 Å². The lowest BCUT2D eigenvalue weighted by Gasteiger charge is -2.39. The fourth-order valence-corrected chi connectivity index (χ4v) is 3.08. The monoisotopic (exact) mass is 309 g/mol. The molecule has 0 bridgehead atoms. The molecule has 1 fully saturated rings. The molecule has 22 heavy (non-hydrogen) atoms. The standard InChI is InChI=1S/C17H27NO4/c1-6-8-12(19)13-11(18-9-7-2)10-17(3,4)14(15(13)20)16(21)22-5/h13-14H,6-10H2,1-5H3/t13-,14-/m1/s1. The van der Waals surface area contributed by atoms with Crippen LogP contribution in [0.4, 0.5) is 0 Å². The molecule has 1 aliphatic rings. The van der Waals surface area contributed by atoms with Gasteiger partial charge >= 0.3 is 5.97 Å². The Morgan fingerprint density at radius 2 is 1.91 bits per heavy atom. The zero-order valence-corrected chi connectivity index (χ0v) is 14.3. The van der Waals surface area contributed by atoms with Crippen molar-refractivity contribution in [3.8, 4) is 0 Å². The molecular formula is C17H27NO4. The Labute approximate surface area is 132 Å². The van der Waals surface area contributed by atoms with Crippen LogP contribution in [-0.4, -0.2) is 36.9 Å². The average Bonchev–Trinajstić information content (AvgIpc) is 2.43. The molecule has 1 aliphatic carbocycles. The number of aliphatic imine (C=N–C) groups is 1. The van der Waals surface area contributed by atoms with Crippen LogP contribution in [0.2, 0.25) is 0 Å². The van der Waals surface area contributed by atoms with Crippen molar-refractivity contribution in [3.05, 3.63) is 0 Å². The third-order valence-electron chi connectivity index (χ3n) is 4.11. The summed E-state index contributed by atoms with van der Waals surface area (Å²) in [6.07, 6.45) is 2.33. The Hall–Kier alpha value is -1.52. The van der Waals surface area contributed by atoms with Crippen LogP contribution in [0.5, 0.6) is 0 Å². The number of methoxy groups -OCH3 is 1. The van der Waals surface area contributed by atoms with Crippen LogP contribution in [-0.2, 0) is 19.1 Å². The lowest BCUT2D eigenvalue weighted by Crippen LogP contribution is -2.52. The molecule has 1 rings (SSSR count). The minimum absolute atomic E-state index is 0.133. The molecule has 0 aromatic rings. The van der Waals surface area contributed by atoms with Crippen LogP contribution in [0.15, 0.2) is 4.99 Å². The Bertz CT molecular complexity index is 479. The molecule has 0 aromatic heterocycles. The highest BCUT2D eigenvalue weighted by Crippen LogP contribution is 2.41. The second-order valence-corrected chi connectivity index (χ2v) is 6.55. The van der Waals surface area contributed by atoms with Gasteiger partial charge in [0.05, 0.1) is 7.11 Å². The summed E-state index contributed by atoms with van der Waals surface area (Å²) >= 11 is 0. The van der Waals surface area contributed by atoms with Crippen LogP contribution in [0.3, 0.4) is 0 Å². The highest BCUT2D eigenvalue weighted by Gasteiger charge is 2.52. The van der Waals surface area contributed by atoms with Gasteiger partial charge < -0.3 is 4.74 Å². The van der Waals surface area contributed by atoms with Crippen molar-refractivity contribution in [1.29, 1.82) is 0 Å². The SMILES string of the molecule is CCCN=C1CC(C)(C)[C@@H](C(=O)OC)C(=O)[C@H]1C(=O)CCC. The Morgan fingerprint density at radius 3 is 2.41 bits per heavy atom. The van der Waals surface area contributed by atoms with Crippen LogP contribution in [0.25, 0.3) is 0 Å². The summed E-state index contributed by atoms with van der Waals surface area (Å²) in [7, 11) is 1.27. The average molecular weight is 309 g/mol. The molecule has 124 valence electrons. The maximum absolute atomic E-state index is 12.8. The van der Waals surface area contributed by atoms with Gasteiger partial charge in [-0.15, -0.1) is 0 Å². The van der Waals surface area contributed by atoms with Crippen molar-refractivity contribution in [2.45, 2.75) is 53.4 Å². The summed E-state index contributed by atoms with van der Waals surface area (Å²) in [6.45, 7) is 8.20. The molecule has 0 amide bonds. The fourth-order valence-electron chi connectivity index (χ4n) is 3.08. The summed E-state index contributed by atoms with van der Waals surface area (Å²) in [4.78, 5) is 41.7. The Morgan fingerprint density at radius 1 is 1.27 bits per heavy atom. The van der Waals surface area contributed by atoms with Gasteiger partial charge in [0.2, 0.25) is 0 Å². The molecule has 0 aliphatic heterocycles. The first kappa shape index (κ1) is 18.5. The van der Waals surface area contributed by atoms with Crippen LogP contribution in [0, 0.1) is 17.3 Å². The van der Waals surface area contributed by atoms with Gasteiger partial charge in [0.1, 0.15) is 17.6 Å². The molecule has 0 saturated heterocycles. The lowest BCUT2D eigenvalue weighted by atomic mass is 9.62. The van der Waals surface area contributed by atoms with Gasteiger partial charge in [-0.2, -0.15) is 0 Å². The zero-order valence-electron chi connectivity index (χ0n) is 14.3. The van der Waals surface area contributed by atoms with Crippen LogP contribution < -0.4 is 0 Å². The largest absolute Gasteiger partial charge is 0.468 e. The number of ketones is 2. The van der Waals surface area contributed by atoms with E-state index in [1.165, 1.54) is 7.11 Å². The second kappa shape index (κ2) is 7.65. The van der Waals surface area contributed by atoms with E-state index in [-0.39, 0.29) is 11.6 Å². The third-order valence-corrected chi connectivity index (χ3v) is 4.11. The van der Waals surface area contributed by atoms with Gasteiger partial charge in [-0.3, -0.25) is 19.4 Å². The van der Waals surface area contributed by atoms with E-state index in [1.807, 2.05) is 27.7 Å². The Kier molecular flexibility index (Phi) is 6.45. The molecule has 0 spiro atoms. The van der Waals surface area contributed by atoms with Crippen molar-refractivity contribution < 1.29 is 19.1 Å². The van der Waals surface area contributed by atoms with E-state index in [0.29, 0.717) is 31.5 Å². The quantitative estimate of drug-likeness (QED) is 0.558. The summed E-state index contributed by atoms with van der Waals surface area (Å²) < 4.78 is 4.79. The number of hydrogen-bond acceptors (Lipinski definition) is 5. The first-order valence-corrected chi connectivity index (χ1v) is 7.97. The molecule has 5 heteroatoms. The fraction of sp³-hybridized carbons (Fsp3) is 0.765. The topological polar surface area (TPSA) is 72.8 Å². The molecule has 0 aromatic carbocycles. The first-order valence-electron chi connectivity index (χ1n) is 7.97. The first-order chi connectivity index (χ1) is 10.3. The highest BCUT2D eigenvalue weighted by molar-refractivity contribution is 6.26. The van der Waals surface area contributed by atoms with Gasteiger partial charge in [-0.25, -0.2) is 0 Å². The summed E-state index contributed by atoms with van der Waals surface area (Å²) in [5.41, 5.74) is 0.0511. The molecule has 5 nitrogen and oxygen atoms in total. The summed E-state index contributed by atoms with van der Waals surface area (Å²) in [5, 5.41) is 0. The molecular weight excluding hydrogens is 282 g/mol. The van der Waals surface area contributed by atoms with Crippen molar-refractivity contribution in [2.75, 3.05) is 13.7 Å². The van der Waals surface area contributed by atoms with E-state index in [4.69, 9.17) is 4.74 Å². The molecule has 0 heterocycles. The van der Waals surface area contributed by atoms with Gasteiger partial charge in [0.15, 0.2) is 5.78 Å². The van der Waals surface area contributed by atoms with E-state index >= 15 is 0 Å². The number of rotatable bonds is 6. The lowest BCUT2D eigenvalue weighted by molar-refractivity contribution is -0.156. The third kappa shape index (κ3) is 3.81. The molecule has 1 saturated carbocycles. The van der Waals surface area contributed by atoms with E-state index in [2.05, 4.69) is 4.99 Å². The maximum Gasteiger partial charge on any atom is 0.316 e. The summed E-state index contributed by atoms with van der Waals surface area (Å²) in [6, 6.07) is 0. The summed E-state index contributed by atoms with van der Waals surface area (Å²) in [5.74, 6) is -2.81. The van der Waals surface area contributed by atoms with Gasteiger partial charge in [-0.05, 0) is 24.7 Å². The van der Waals surface area contributed by atoms with Crippen molar-refractivity contribution in [3.63, 3.8) is 0 Å². The normalized spacial score (nSPS) is 26.0. The smallest absolute Gasteiger partial charge is 0.316 e. The van der Waals surface area contributed by atoms with Crippen molar-refractivity contribution in [1.82, 2.24) is 0 Å². The predicted octanol–water partition coefficient (Wildman–Crippen LogP) is 2.61. The number of nitrogens with zero attached hydrogens (tertiary/aromatic N) is 1. The van der Waals surface area contributed by atoms with Crippen molar-refractivity contribution >= 4 is 23.2 Å². The number of esters is 1. The highest BCUT2D eigenvalue weighted by atomic mass is 16.5. The second-order valence-electron chi connectivity index (χ2n) is 6.55. The Balaban J connectivity index is 3.25. The van der Waals surface area contributed by atoms with Crippen molar-refractivity contribution in [2.24, 2.45) is 22.2 Å². The van der Waals surface area contributed by atoms with E-state index in [0.717, 1.165) is 6.42 Å². The van der Waals surface area contributed by atoms with E-state index in [9.17, 15) is 14.4 Å². The molecule has 0 radical (unpaired) electrons.